The number of thioether (sulfide) groups is 1. The van der Waals surface area contributed by atoms with E-state index < -0.39 is 0 Å². The molecule has 0 spiro atoms. The van der Waals surface area contributed by atoms with Crippen molar-refractivity contribution in [1.82, 2.24) is 10.1 Å². The maximum atomic E-state index is 5.14. The molecule has 1 aromatic heterocycles. The third-order valence-electron chi connectivity index (χ3n) is 2.76. The lowest BCUT2D eigenvalue weighted by Gasteiger charge is -1.98. The average molecular weight is 261 g/mol. The van der Waals surface area contributed by atoms with E-state index in [9.17, 15) is 0 Å². The molecule has 0 aliphatic heterocycles. The molecule has 1 N–H and O–H groups in total. The Hall–Kier alpha value is -1.49. The van der Waals surface area contributed by atoms with E-state index in [1.165, 1.54) is 23.3 Å². The Labute approximate surface area is 110 Å². The summed E-state index contributed by atoms with van der Waals surface area (Å²) < 4.78 is 5.14. The Morgan fingerprint density at radius 3 is 2.83 bits per heavy atom. The van der Waals surface area contributed by atoms with Gasteiger partial charge in [0.05, 0.1) is 5.75 Å². The van der Waals surface area contributed by atoms with Crippen LogP contribution in [0.2, 0.25) is 0 Å². The molecule has 0 radical (unpaired) electrons. The summed E-state index contributed by atoms with van der Waals surface area (Å²) in [7, 11) is 0. The fraction of sp³-hybridized carbons (Fsp3) is 0.385. The van der Waals surface area contributed by atoms with Crippen LogP contribution in [0.5, 0.6) is 0 Å². The van der Waals surface area contributed by atoms with Gasteiger partial charge in [0, 0.05) is 10.9 Å². The van der Waals surface area contributed by atoms with Gasteiger partial charge in [0.2, 0.25) is 0 Å². The van der Waals surface area contributed by atoms with Gasteiger partial charge in [-0.15, -0.1) is 11.8 Å². The molecule has 0 saturated heterocycles. The van der Waals surface area contributed by atoms with Crippen molar-refractivity contribution in [3.8, 4) is 0 Å². The molecule has 0 unspecified atom stereocenters. The van der Waals surface area contributed by atoms with Crippen LogP contribution in [0, 0.1) is 6.92 Å². The smallest absolute Gasteiger partial charge is 0.321 e. The van der Waals surface area contributed by atoms with Gasteiger partial charge in [-0.2, -0.15) is 4.98 Å². The maximum absolute atomic E-state index is 5.14. The summed E-state index contributed by atoms with van der Waals surface area (Å²) in [5.74, 6) is 1.47. The van der Waals surface area contributed by atoms with E-state index >= 15 is 0 Å². The fourth-order valence-corrected chi connectivity index (χ4v) is 2.30. The lowest BCUT2D eigenvalue weighted by Crippen LogP contribution is -2.00. The minimum atomic E-state index is 0.544. The number of anilines is 1. The van der Waals surface area contributed by atoms with Crippen molar-refractivity contribution in [2.24, 2.45) is 0 Å². The van der Waals surface area contributed by atoms with Gasteiger partial charge in [0.15, 0.2) is 5.82 Å². The fourth-order valence-electron chi connectivity index (χ4n) is 1.56. The summed E-state index contributed by atoms with van der Waals surface area (Å²) in [5.41, 5.74) is 1.27. The predicted octanol–water partition coefficient (Wildman–Crippen LogP) is 3.24. The monoisotopic (exact) mass is 261 g/mol. The number of aryl methyl sites for hydroxylation is 1. The van der Waals surface area contributed by atoms with Crippen molar-refractivity contribution in [1.29, 1.82) is 0 Å². The molecular formula is C13H15N3OS. The second kappa shape index (κ2) is 5.02. The zero-order valence-corrected chi connectivity index (χ0v) is 11.0. The van der Waals surface area contributed by atoms with Crippen LogP contribution < -0.4 is 5.32 Å². The van der Waals surface area contributed by atoms with Gasteiger partial charge in [0.25, 0.3) is 0 Å². The van der Waals surface area contributed by atoms with E-state index in [0.29, 0.717) is 12.1 Å². The highest BCUT2D eigenvalue weighted by atomic mass is 32.2. The zero-order chi connectivity index (χ0) is 12.4. The molecule has 0 amide bonds. The zero-order valence-electron chi connectivity index (χ0n) is 10.2. The Kier molecular flexibility index (Phi) is 3.23. The largest absolute Gasteiger partial charge is 0.335 e. The minimum absolute atomic E-state index is 0.544. The molecule has 94 valence electrons. The Bertz CT molecular complexity index is 519. The van der Waals surface area contributed by atoms with Gasteiger partial charge >= 0.3 is 6.01 Å². The third kappa shape index (κ3) is 3.04. The van der Waals surface area contributed by atoms with Gasteiger partial charge in [0.1, 0.15) is 0 Å². The SMILES string of the molecule is Cc1ccc(SCc2noc(NC3CC3)n2)cc1. The van der Waals surface area contributed by atoms with Crippen molar-refractivity contribution in [2.75, 3.05) is 5.32 Å². The Morgan fingerprint density at radius 2 is 2.11 bits per heavy atom. The molecule has 0 atom stereocenters. The standard InChI is InChI=1S/C13H15N3OS/c1-9-2-6-11(7-3-9)18-8-12-15-13(17-16-12)14-10-4-5-10/h2-3,6-7,10H,4-5,8H2,1H3,(H,14,15,16). The molecule has 1 aliphatic rings. The van der Waals surface area contributed by atoms with Crippen molar-refractivity contribution < 1.29 is 4.52 Å². The summed E-state index contributed by atoms with van der Waals surface area (Å²) >= 11 is 1.72. The quantitative estimate of drug-likeness (QED) is 0.837. The van der Waals surface area contributed by atoms with Gasteiger partial charge in [-0.1, -0.05) is 22.9 Å². The van der Waals surface area contributed by atoms with Crippen molar-refractivity contribution in [3.63, 3.8) is 0 Å². The van der Waals surface area contributed by atoms with E-state index in [2.05, 4.69) is 46.6 Å². The number of hydrogen-bond donors (Lipinski definition) is 1. The highest BCUT2D eigenvalue weighted by molar-refractivity contribution is 7.98. The minimum Gasteiger partial charge on any atom is -0.335 e. The van der Waals surface area contributed by atoms with Crippen LogP contribution in [-0.2, 0) is 5.75 Å². The predicted molar refractivity (Wildman–Crippen MR) is 71.7 cm³/mol. The topological polar surface area (TPSA) is 51.0 Å². The van der Waals surface area contributed by atoms with Gasteiger partial charge < -0.3 is 9.84 Å². The molecule has 1 saturated carbocycles. The molecule has 1 aromatic carbocycles. The summed E-state index contributed by atoms with van der Waals surface area (Å²) in [6, 6.07) is 9.55. The van der Waals surface area contributed by atoms with Gasteiger partial charge in [-0.3, -0.25) is 0 Å². The summed E-state index contributed by atoms with van der Waals surface area (Å²) in [6.07, 6.45) is 2.41. The van der Waals surface area contributed by atoms with Crippen LogP contribution in [0.3, 0.4) is 0 Å². The van der Waals surface area contributed by atoms with Crippen LogP contribution in [0.15, 0.2) is 33.7 Å². The van der Waals surface area contributed by atoms with Crippen LogP contribution in [-0.4, -0.2) is 16.2 Å². The molecule has 18 heavy (non-hydrogen) atoms. The lowest BCUT2D eigenvalue weighted by molar-refractivity contribution is 0.424. The van der Waals surface area contributed by atoms with Crippen molar-refractivity contribution in [2.45, 2.75) is 36.5 Å². The van der Waals surface area contributed by atoms with Gasteiger partial charge in [-0.25, -0.2) is 0 Å². The van der Waals surface area contributed by atoms with Crippen LogP contribution >= 0.6 is 11.8 Å². The number of hydrogen-bond acceptors (Lipinski definition) is 5. The molecule has 2 aromatic rings. The Morgan fingerprint density at radius 1 is 1.33 bits per heavy atom. The van der Waals surface area contributed by atoms with Gasteiger partial charge in [-0.05, 0) is 31.9 Å². The maximum Gasteiger partial charge on any atom is 0.321 e. The second-order valence-electron chi connectivity index (χ2n) is 4.54. The summed E-state index contributed by atoms with van der Waals surface area (Å²) in [4.78, 5) is 5.54. The number of nitrogens with zero attached hydrogens (tertiary/aromatic N) is 2. The first-order chi connectivity index (χ1) is 8.79. The van der Waals surface area contributed by atoms with Crippen molar-refractivity contribution >= 4 is 17.8 Å². The number of benzene rings is 1. The highest BCUT2D eigenvalue weighted by Crippen LogP contribution is 2.25. The summed E-state index contributed by atoms with van der Waals surface area (Å²) in [5, 5.41) is 7.15. The molecule has 1 fully saturated rings. The molecule has 0 bridgehead atoms. The van der Waals surface area contributed by atoms with Crippen LogP contribution in [0.4, 0.5) is 6.01 Å². The molecular weight excluding hydrogens is 246 g/mol. The lowest BCUT2D eigenvalue weighted by atomic mass is 10.2. The first-order valence-corrected chi connectivity index (χ1v) is 7.07. The number of rotatable bonds is 5. The number of nitrogens with one attached hydrogen (secondary N) is 1. The molecule has 3 rings (SSSR count). The molecule has 4 nitrogen and oxygen atoms in total. The molecule has 1 aliphatic carbocycles. The first kappa shape index (κ1) is 11.6. The van der Waals surface area contributed by atoms with Crippen molar-refractivity contribution in [3.05, 3.63) is 35.7 Å². The highest BCUT2D eigenvalue weighted by Gasteiger charge is 2.23. The second-order valence-corrected chi connectivity index (χ2v) is 5.58. The Balaban J connectivity index is 1.55. The van der Waals surface area contributed by atoms with E-state index in [1.807, 2.05) is 0 Å². The normalized spacial score (nSPS) is 14.7. The summed E-state index contributed by atoms with van der Waals surface area (Å²) in [6.45, 7) is 2.09. The average Bonchev–Trinajstić information content (AvgIpc) is 3.07. The third-order valence-corrected chi connectivity index (χ3v) is 3.77. The first-order valence-electron chi connectivity index (χ1n) is 6.08. The van der Waals surface area contributed by atoms with E-state index in [0.717, 1.165) is 11.6 Å². The van der Waals surface area contributed by atoms with Crippen LogP contribution in [0.25, 0.3) is 0 Å². The van der Waals surface area contributed by atoms with E-state index in [-0.39, 0.29) is 0 Å². The van der Waals surface area contributed by atoms with E-state index in [4.69, 9.17) is 4.52 Å². The number of aromatic nitrogens is 2. The van der Waals surface area contributed by atoms with Crippen LogP contribution in [0.1, 0.15) is 24.2 Å². The van der Waals surface area contributed by atoms with E-state index in [1.54, 1.807) is 11.8 Å². The molecule has 5 heteroatoms. The molecule has 1 heterocycles.